The number of piperazine rings is 1. The first-order chi connectivity index (χ1) is 21.8. The molecule has 0 unspecified atom stereocenters. The van der Waals surface area contributed by atoms with Gasteiger partial charge in [0.1, 0.15) is 10.8 Å². The van der Waals surface area contributed by atoms with E-state index in [0.29, 0.717) is 52.9 Å². The number of ether oxygens (including phenoxy) is 1. The third kappa shape index (κ3) is 6.25. The highest BCUT2D eigenvalue weighted by atomic mass is 35.5. The van der Waals surface area contributed by atoms with Gasteiger partial charge in [-0.25, -0.2) is 13.4 Å². The molecule has 2 aromatic carbocycles. The van der Waals surface area contributed by atoms with Gasteiger partial charge in [0.2, 0.25) is 16.0 Å². The van der Waals surface area contributed by atoms with Crippen molar-refractivity contribution in [1.82, 2.24) is 19.8 Å². The number of nitrogens with one attached hydrogen (secondary N) is 2. The second-order valence-electron chi connectivity index (χ2n) is 12.5. The largest absolute Gasteiger partial charge is 0.494 e. The maximum Gasteiger partial charge on any atom is 0.238 e. The van der Waals surface area contributed by atoms with Gasteiger partial charge in [-0.3, -0.25) is 9.21 Å². The number of nitrogens with zero attached hydrogens (tertiary/aromatic N) is 6. The van der Waals surface area contributed by atoms with Crippen LogP contribution in [0, 0.1) is 0 Å². The third-order valence-corrected chi connectivity index (χ3v) is 12.1. The summed E-state index contributed by atoms with van der Waals surface area (Å²) >= 11 is 6.54. The van der Waals surface area contributed by atoms with E-state index in [-0.39, 0.29) is 5.25 Å². The molecule has 4 heterocycles. The second-order valence-corrected chi connectivity index (χ2v) is 15.0. The van der Waals surface area contributed by atoms with Gasteiger partial charge >= 0.3 is 0 Å². The van der Waals surface area contributed by atoms with Crippen LogP contribution >= 0.6 is 11.6 Å². The number of hydrogen-bond donors (Lipinski definition) is 2. The van der Waals surface area contributed by atoms with Crippen molar-refractivity contribution >= 4 is 56.1 Å². The summed E-state index contributed by atoms with van der Waals surface area (Å²) in [5, 5.41) is 6.63. The maximum absolute atomic E-state index is 13.2. The summed E-state index contributed by atoms with van der Waals surface area (Å²) in [4.78, 5) is 16.6. The highest BCUT2D eigenvalue weighted by Crippen LogP contribution is 2.43. The maximum atomic E-state index is 13.2. The number of halogens is 1. The molecule has 0 spiro atoms. The molecule has 2 saturated heterocycles. The standard InChI is InChI=1S/C32H41ClN8O3S/c1-38-16-18-40(19-17-38)23-11-13-39(14-12-23)24-6-9-27(29(20-24)44-2)36-32-34-21-26(33)31(37-32)35-28-5-3-4-22-10-15-41(30(22)28)45(42,43)25-7-8-25/h3-6,9,20-21,23,25H,7-8,10-19H2,1-2H3,(H2,34,35,36,37). The topological polar surface area (TPSA) is 106 Å². The molecule has 11 nitrogen and oxygen atoms in total. The molecular formula is C32H41ClN8O3S. The van der Waals surface area contributed by atoms with Crippen molar-refractivity contribution < 1.29 is 13.2 Å². The van der Waals surface area contributed by atoms with E-state index in [1.165, 1.54) is 6.20 Å². The number of methoxy groups -OCH3 is 1. The lowest BCUT2D eigenvalue weighted by Crippen LogP contribution is -2.52. The summed E-state index contributed by atoms with van der Waals surface area (Å²) in [5.41, 5.74) is 4.19. The fourth-order valence-corrected chi connectivity index (χ4v) is 8.79. The van der Waals surface area contributed by atoms with E-state index < -0.39 is 10.0 Å². The Labute approximate surface area is 270 Å². The number of anilines is 6. The van der Waals surface area contributed by atoms with Crippen molar-refractivity contribution in [3.05, 3.63) is 53.2 Å². The van der Waals surface area contributed by atoms with Crippen LogP contribution in [0.15, 0.2) is 42.6 Å². The van der Waals surface area contributed by atoms with Crippen LogP contribution in [0.5, 0.6) is 5.75 Å². The van der Waals surface area contributed by atoms with Crippen LogP contribution < -0.4 is 24.6 Å². The van der Waals surface area contributed by atoms with Crippen molar-refractivity contribution in [3.8, 4) is 5.75 Å². The Hall–Kier alpha value is -3.32. The number of benzene rings is 2. The van der Waals surface area contributed by atoms with Crippen molar-refractivity contribution in [2.24, 2.45) is 0 Å². The summed E-state index contributed by atoms with van der Waals surface area (Å²) < 4.78 is 33.7. The van der Waals surface area contributed by atoms with Crippen LogP contribution in [0.3, 0.4) is 0 Å². The second kappa shape index (κ2) is 12.5. The Balaban J connectivity index is 1.05. The lowest BCUT2D eigenvalue weighted by Gasteiger charge is -2.42. The Morgan fingerprint density at radius 3 is 2.44 bits per heavy atom. The number of hydrogen-bond acceptors (Lipinski definition) is 10. The monoisotopic (exact) mass is 652 g/mol. The minimum Gasteiger partial charge on any atom is -0.494 e. The third-order valence-electron chi connectivity index (χ3n) is 9.52. The molecule has 3 aromatic rings. The number of para-hydroxylation sites is 1. The molecule has 1 aromatic heterocycles. The Kier molecular flexibility index (Phi) is 8.40. The van der Waals surface area contributed by atoms with Crippen molar-refractivity contribution in [2.75, 3.05) is 79.8 Å². The van der Waals surface area contributed by atoms with E-state index in [9.17, 15) is 8.42 Å². The van der Waals surface area contributed by atoms with Gasteiger partial charge in [-0.15, -0.1) is 0 Å². The quantitative estimate of drug-likeness (QED) is 0.338. The number of aromatic nitrogens is 2. The van der Waals surface area contributed by atoms with Gasteiger partial charge in [-0.05, 0) is 62.9 Å². The molecule has 0 atom stereocenters. The minimum absolute atomic E-state index is 0.287. The summed E-state index contributed by atoms with van der Waals surface area (Å²) in [6.07, 6.45) is 5.97. The summed E-state index contributed by atoms with van der Waals surface area (Å²) in [6.45, 7) is 7.11. The van der Waals surface area contributed by atoms with E-state index in [0.717, 1.165) is 81.9 Å². The van der Waals surface area contributed by atoms with Crippen LogP contribution in [0.4, 0.5) is 34.5 Å². The van der Waals surface area contributed by atoms with Gasteiger partial charge in [0, 0.05) is 63.6 Å². The molecule has 0 amide bonds. The number of rotatable bonds is 9. The molecule has 3 fully saturated rings. The van der Waals surface area contributed by atoms with Crippen molar-refractivity contribution in [2.45, 2.75) is 43.4 Å². The van der Waals surface area contributed by atoms with Gasteiger partial charge in [-0.1, -0.05) is 23.7 Å². The van der Waals surface area contributed by atoms with Crippen LogP contribution in [-0.2, 0) is 16.4 Å². The van der Waals surface area contributed by atoms with E-state index in [4.69, 9.17) is 16.3 Å². The molecule has 1 aliphatic carbocycles. The predicted octanol–water partition coefficient (Wildman–Crippen LogP) is 4.70. The van der Waals surface area contributed by atoms with Crippen LogP contribution in [0.25, 0.3) is 0 Å². The van der Waals surface area contributed by atoms with Crippen molar-refractivity contribution in [3.63, 3.8) is 0 Å². The zero-order valence-electron chi connectivity index (χ0n) is 25.9. The smallest absolute Gasteiger partial charge is 0.238 e. The molecule has 1 saturated carbocycles. The van der Waals surface area contributed by atoms with E-state index in [2.05, 4.69) is 54.5 Å². The molecule has 3 aliphatic heterocycles. The zero-order valence-corrected chi connectivity index (χ0v) is 27.4. The Morgan fingerprint density at radius 1 is 0.933 bits per heavy atom. The van der Waals surface area contributed by atoms with E-state index >= 15 is 0 Å². The number of likely N-dealkylation sites (N-methyl/N-ethyl adjacent to an activating group) is 1. The first-order valence-corrected chi connectivity index (χ1v) is 17.7. The first-order valence-electron chi connectivity index (χ1n) is 15.9. The van der Waals surface area contributed by atoms with Gasteiger partial charge < -0.3 is 25.2 Å². The summed E-state index contributed by atoms with van der Waals surface area (Å²) in [6, 6.07) is 12.6. The molecule has 4 aliphatic rings. The molecule has 2 N–H and O–H groups in total. The minimum atomic E-state index is -3.39. The highest BCUT2D eigenvalue weighted by Gasteiger charge is 2.43. The average molecular weight is 653 g/mol. The highest BCUT2D eigenvalue weighted by molar-refractivity contribution is 7.93. The average Bonchev–Trinajstić information content (AvgIpc) is 3.83. The van der Waals surface area contributed by atoms with E-state index in [1.807, 2.05) is 24.3 Å². The molecular weight excluding hydrogens is 612 g/mol. The van der Waals surface area contributed by atoms with Gasteiger partial charge in [0.05, 0.1) is 35.6 Å². The first kappa shape index (κ1) is 30.3. The summed E-state index contributed by atoms with van der Waals surface area (Å²) in [7, 11) is 0.479. The lowest BCUT2D eigenvalue weighted by molar-refractivity contribution is 0.0982. The molecule has 0 bridgehead atoms. The number of sulfonamides is 1. The molecule has 7 rings (SSSR count). The number of fused-ring (bicyclic) bond motifs is 1. The fraction of sp³-hybridized carbons (Fsp3) is 0.500. The van der Waals surface area contributed by atoms with Gasteiger partial charge in [0.15, 0.2) is 5.82 Å². The zero-order chi connectivity index (χ0) is 31.1. The van der Waals surface area contributed by atoms with Crippen LogP contribution in [0.2, 0.25) is 5.02 Å². The van der Waals surface area contributed by atoms with Crippen molar-refractivity contribution in [1.29, 1.82) is 0 Å². The molecule has 45 heavy (non-hydrogen) atoms. The van der Waals surface area contributed by atoms with Crippen LogP contribution in [-0.4, -0.2) is 99.4 Å². The van der Waals surface area contributed by atoms with Gasteiger partial charge in [-0.2, -0.15) is 4.98 Å². The molecule has 13 heteroatoms. The number of piperidine rings is 1. The summed E-state index contributed by atoms with van der Waals surface area (Å²) in [5.74, 6) is 1.43. The molecule has 0 radical (unpaired) electrons. The van der Waals surface area contributed by atoms with E-state index in [1.54, 1.807) is 11.4 Å². The predicted molar refractivity (Wildman–Crippen MR) is 180 cm³/mol. The van der Waals surface area contributed by atoms with Crippen LogP contribution in [0.1, 0.15) is 31.2 Å². The van der Waals surface area contributed by atoms with Gasteiger partial charge in [0.25, 0.3) is 0 Å². The normalized spacial score (nSPS) is 19.9. The molecule has 240 valence electrons. The lowest BCUT2D eigenvalue weighted by atomic mass is 10.0. The Morgan fingerprint density at radius 2 is 1.71 bits per heavy atom. The Bertz CT molecular complexity index is 1650. The fourth-order valence-electron chi connectivity index (χ4n) is 6.74. The SMILES string of the molecule is COc1cc(N2CCC(N3CCN(C)CC3)CC2)ccc1Nc1ncc(Cl)c(Nc2cccc3c2N(S(=O)(=O)C2CC2)CC3)n1.